The van der Waals surface area contributed by atoms with E-state index in [-0.39, 0.29) is 17.3 Å². The van der Waals surface area contributed by atoms with E-state index in [1.807, 2.05) is 11.0 Å². The summed E-state index contributed by atoms with van der Waals surface area (Å²) in [7, 11) is 1.44. The summed E-state index contributed by atoms with van der Waals surface area (Å²) in [6.07, 6.45) is 3.42. The van der Waals surface area contributed by atoms with Gasteiger partial charge in [0, 0.05) is 31.3 Å². The predicted octanol–water partition coefficient (Wildman–Crippen LogP) is 3.01. The molecule has 0 radical (unpaired) electrons. The second-order valence-corrected chi connectivity index (χ2v) is 9.17. The normalized spacial score (nSPS) is 17.2. The number of halogens is 2. The number of aryl methyl sites for hydroxylation is 1. The molecule has 1 saturated carbocycles. The summed E-state index contributed by atoms with van der Waals surface area (Å²) in [6, 6.07) is 10.1. The minimum Gasteiger partial charge on any atom is -0.384 e. The molecular formula is C25H25F2N5O2. The van der Waals surface area contributed by atoms with E-state index in [0.717, 1.165) is 43.6 Å². The Labute approximate surface area is 194 Å². The number of amides is 1. The minimum absolute atomic E-state index is 0.0882. The predicted molar refractivity (Wildman–Crippen MR) is 124 cm³/mol. The van der Waals surface area contributed by atoms with Gasteiger partial charge in [0.15, 0.2) is 5.69 Å². The van der Waals surface area contributed by atoms with Crippen molar-refractivity contribution in [3.05, 3.63) is 75.2 Å². The lowest BCUT2D eigenvalue weighted by atomic mass is 9.93. The van der Waals surface area contributed by atoms with E-state index in [9.17, 15) is 9.59 Å². The van der Waals surface area contributed by atoms with Gasteiger partial charge in [0.2, 0.25) is 5.91 Å². The first-order chi connectivity index (χ1) is 16.1. The average Bonchev–Trinajstić information content (AvgIpc) is 3.46. The van der Waals surface area contributed by atoms with E-state index in [1.165, 1.54) is 23.7 Å². The van der Waals surface area contributed by atoms with E-state index >= 15 is 8.78 Å². The van der Waals surface area contributed by atoms with Gasteiger partial charge in [0.05, 0.1) is 16.4 Å². The van der Waals surface area contributed by atoms with E-state index in [1.54, 1.807) is 12.1 Å². The number of nitrogens with two attached hydrogens (primary N) is 1. The van der Waals surface area contributed by atoms with Gasteiger partial charge in [-0.15, -0.1) is 0 Å². The summed E-state index contributed by atoms with van der Waals surface area (Å²) in [6.45, 7) is 1.50. The van der Waals surface area contributed by atoms with Crippen LogP contribution in [0.3, 0.4) is 0 Å². The van der Waals surface area contributed by atoms with Gasteiger partial charge in [0.25, 0.3) is 5.56 Å². The summed E-state index contributed by atoms with van der Waals surface area (Å²) in [4.78, 5) is 32.0. The molecule has 0 bridgehead atoms. The molecule has 3 N–H and O–H groups in total. The zero-order valence-corrected chi connectivity index (χ0v) is 18.8. The number of likely N-dealkylation sites (tertiary alicyclic amines) is 1. The van der Waals surface area contributed by atoms with Gasteiger partial charge in [-0.3, -0.25) is 15.0 Å². The fourth-order valence-corrected chi connectivity index (χ4v) is 4.81. The third kappa shape index (κ3) is 3.38. The van der Waals surface area contributed by atoms with Crippen LogP contribution >= 0.6 is 0 Å². The Morgan fingerprint density at radius 3 is 2.35 bits per heavy atom. The lowest BCUT2D eigenvalue weighted by Gasteiger charge is -2.23. The molecule has 2 aliphatic rings. The van der Waals surface area contributed by atoms with Crippen molar-refractivity contribution in [2.45, 2.75) is 37.0 Å². The van der Waals surface area contributed by atoms with Crippen LogP contribution in [0, 0.1) is 5.41 Å². The molecule has 0 atom stereocenters. The Bertz CT molecular complexity index is 1370. The van der Waals surface area contributed by atoms with Crippen LogP contribution < -0.4 is 11.3 Å². The van der Waals surface area contributed by atoms with E-state index in [4.69, 9.17) is 11.1 Å². The number of hydrogen-bond acceptors (Lipinski definition) is 4. The number of benzene rings is 2. The minimum atomic E-state index is -3.66. The van der Waals surface area contributed by atoms with Crippen LogP contribution in [0.1, 0.15) is 48.1 Å². The molecule has 5 rings (SSSR count). The molecule has 9 heteroatoms. The first kappa shape index (κ1) is 22.2. The zero-order chi connectivity index (χ0) is 24.3. The highest BCUT2D eigenvalue weighted by atomic mass is 19.3. The largest absolute Gasteiger partial charge is 0.384 e. The molecule has 1 aliphatic carbocycles. The first-order valence-corrected chi connectivity index (χ1v) is 11.3. The number of fused-ring (bicyclic) bond motifs is 1. The molecule has 1 saturated heterocycles. The monoisotopic (exact) mass is 465 g/mol. The summed E-state index contributed by atoms with van der Waals surface area (Å²) in [5.41, 5.74) is 4.32. The Kier molecular flexibility index (Phi) is 5.03. The SMILES string of the molecule is Cn1c(=O)c(C(F)(F)c2ccc(C(=N)N)cc2)nc2cc(C3(C(=O)N4CCCC4)CC3)ccc21. The number of carbonyl (C=O) groups excluding carboxylic acids is 1. The maximum atomic E-state index is 15.4. The van der Waals surface area contributed by atoms with Gasteiger partial charge in [-0.1, -0.05) is 30.3 Å². The molecule has 7 nitrogen and oxygen atoms in total. The Hall–Kier alpha value is -3.62. The van der Waals surface area contributed by atoms with Gasteiger partial charge in [-0.2, -0.15) is 8.78 Å². The number of carbonyl (C=O) groups is 1. The number of amidine groups is 1. The summed E-state index contributed by atoms with van der Waals surface area (Å²) in [5.74, 6) is -3.80. The average molecular weight is 466 g/mol. The van der Waals surface area contributed by atoms with Crippen molar-refractivity contribution in [3.63, 3.8) is 0 Å². The molecule has 2 aromatic carbocycles. The maximum Gasteiger partial charge on any atom is 0.320 e. The lowest BCUT2D eigenvalue weighted by molar-refractivity contribution is -0.132. The van der Waals surface area contributed by atoms with Crippen molar-refractivity contribution >= 4 is 22.8 Å². The van der Waals surface area contributed by atoms with Crippen molar-refractivity contribution < 1.29 is 13.6 Å². The van der Waals surface area contributed by atoms with Crippen LogP contribution in [0.4, 0.5) is 8.78 Å². The van der Waals surface area contributed by atoms with Crippen molar-refractivity contribution in [1.29, 1.82) is 5.41 Å². The quantitative estimate of drug-likeness (QED) is 0.446. The molecule has 176 valence electrons. The van der Waals surface area contributed by atoms with Gasteiger partial charge in [0.1, 0.15) is 5.84 Å². The van der Waals surface area contributed by atoms with Crippen molar-refractivity contribution in [1.82, 2.24) is 14.5 Å². The fourth-order valence-electron chi connectivity index (χ4n) is 4.81. The van der Waals surface area contributed by atoms with Gasteiger partial charge >= 0.3 is 5.92 Å². The van der Waals surface area contributed by atoms with Crippen LogP contribution in [0.5, 0.6) is 0 Å². The summed E-state index contributed by atoms with van der Waals surface area (Å²) >= 11 is 0. The second-order valence-electron chi connectivity index (χ2n) is 9.17. The third-order valence-corrected chi connectivity index (χ3v) is 7.04. The summed E-state index contributed by atoms with van der Waals surface area (Å²) in [5, 5.41) is 7.44. The molecule has 2 fully saturated rings. The van der Waals surface area contributed by atoms with E-state index < -0.39 is 28.2 Å². The zero-order valence-electron chi connectivity index (χ0n) is 18.8. The smallest absolute Gasteiger partial charge is 0.320 e. The number of alkyl halides is 2. The van der Waals surface area contributed by atoms with Crippen LogP contribution in [0.2, 0.25) is 0 Å². The van der Waals surface area contributed by atoms with Crippen LogP contribution in [-0.2, 0) is 23.2 Å². The number of aromatic nitrogens is 2. The van der Waals surface area contributed by atoms with Crippen molar-refractivity contribution in [2.24, 2.45) is 12.8 Å². The highest BCUT2D eigenvalue weighted by molar-refractivity contribution is 5.95. The van der Waals surface area contributed by atoms with Gasteiger partial charge < -0.3 is 15.2 Å². The van der Waals surface area contributed by atoms with Crippen molar-refractivity contribution in [2.75, 3.05) is 13.1 Å². The van der Waals surface area contributed by atoms with Gasteiger partial charge in [-0.25, -0.2) is 4.98 Å². The van der Waals surface area contributed by atoms with E-state index in [0.29, 0.717) is 23.9 Å². The molecule has 1 aromatic heterocycles. The molecule has 3 aromatic rings. The van der Waals surface area contributed by atoms with Crippen LogP contribution in [0.15, 0.2) is 47.3 Å². The fraction of sp³-hybridized carbons (Fsp3) is 0.360. The third-order valence-electron chi connectivity index (χ3n) is 7.04. The molecule has 34 heavy (non-hydrogen) atoms. The second kappa shape index (κ2) is 7.72. The first-order valence-electron chi connectivity index (χ1n) is 11.3. The highest BCUT2D eigenvalue weighted by Gasteiger charge is 2.53. The number of hydrogen-bond donors (Lipinski definition) is 2. The Balaban J connectivity index is 1.58. The Morgan fingerprint density at radius 2 is 1.76 bits per heavy atom. The molecule has 2 heterocycles. The van der Waals surface area contributed by atoms with Crippen molar-refractivity contribution in [3.8, 4) is 0 Å². The maximum absolute atomic E-state index is 15.4. The molecule has 1 amide bonds. The number of nitrogens with zero attached hydrogens (tertiary/aromatic N) is 3. The van der Waals surface area contributed by atoms with Gasteiger partial charge in [-0.05, 0) is 43.4 Å². The number of nitrogens with one attached hydrogen (secondary N) is 1. The molecule has 0 unspecified atom stereocenters. The van der Waals surface area contributed by atoms with E-state index in [2.05, 4.69) is 4.98 Å². The standard InChI is InChI=1S/C25H25F2N5O2/c1-31-19-9-8-17(24(10-11-24)23(34)32-12-2-3-13-32)14-18(19)30-20(22(31)33)25(26,27)16-6-4-15(5-7-16)21(28)29/h4-9,14H,2-3,10-13H2,1H3,(H3,28,29). The highest BCUT2D eigenvalue weighted by Crippen LogP contribution is 2.50. The van der Waals surface area contributed by atoms with Crippen LogP contribution in [0.25, 0.3) is 11.0 Å². The molecule has 0 spiro atoms. The number of rotatable bonds is 5. The van der Waals surface area contributed by atoms with Crippen LogP contribution in [-0.4, -0.2) is 39.3 Å². The summed E-state index contributed by atoms with van der Waals surface area (Å²) < 4.78 is 32.1. The topological polar surface area (TPSA) is 105 Å². The Morgan fingerprint density at radius 1 is 1.12 bits per heavy atom. The molecular weight excluding hydrogens is 440 g/mol. The number of nitrogen functional groups attached to an aromatic ring is 1. The lowest BCUT2D eigenvalue weighted by Crippen LogP contribution is -2.37. The molecule has 1 aliphatic heterocycles.